The van der Waals surface area contributed by atoms with Crippen molar-refractivity contribution in [3.63, 3.8) is 0 Å². The number of halogens is 3. The van der Waals surface area contributed by atoms with Crippen LogP contribution in [0, 0.1) is 30.1 Å². The fraction of sp³-hybridized carbons (Fsp3) is 0.438. The number of H-pyrrole nitrogens is 1. The highest BCUT2D eigenvalue weighted by Crippen LogP contribution is 2.40. The Kier molecular flexibility index (Phi) is 7.54. The topological polar surface area (TPSA) is 98.5 Å². The van der Waals surface area contributed by atoms with Gasteiger partial charge in [0.2, 0.25) is 0 Å². The molecule has 1 aliphatic carbocycles. The summed E-state index contributed by atoms with van der Waals surface area (Å²) >= 11 is 1.10. The number of thiophene rings is 1. The molecular formula is C32H33F3N8S. The third-order valence-corrected chi connectivity index (χ3v) is 10.5. The van der Waals surface area contributed by atoms with E-state index in [1.165, 1.54) is 37.6 Å². The van der Waals surface area contributed by atoms with E-state index in [4.69, 9.17) is 0 Å². The van der Waals surface area contributed by atoms with Gasteiger partial charge in [0.1, 0.15) is 28.7 Å². The summed E-state index contributed by atoms with van der Waals surface area (Å²) < 4.78 is 41.4. The maximum atomic E-state index is 13.1. The molecule has 0 radical (unpaired) electrons. The monoisotopic (exact) mass is 618 g/mol. The highest BCUT2D eigenvalue weighted by molar-refractivity contribution is 7.18. The molecule has 12 heteroatoms. The Labute approximate surface area is 256 Å². The molecular weight excluding hydrogens is 585 g/mol. The van der Waals surface area contributed by atoms with Crippen LogP contribution in [0.1, 0.15) is 52.9 Å². The van der Waals surface area contributed by atoms with Crippen molar-refractivity contribution in [3.8, 4) is 6.07 Å². The molecule has 2 fully saturated rings. The normalized spacial score (nSPS) is 19.5. The minimum Gasteiger partial charge on any atom is -0.354 e. The second-order valence-corrected chi connectivity index (χ2v) is 13.3. The van der Waals surface area contributed by atoms with Gasteiger partial charge in [-0.25, -0.2) is 9.97 Å². The van der Waals surface area contributed by atoms with Crippen LogP contribution in [0.15, 0.2) is 43.0 Å². The Morgan fingerprint density at radius 2 is 1.98 bits per heavy atom. The average molecular weight is 619 g/mol. The molecule has 7 rings (SSSR count). The van der Waals surface area contributed by atoms with E-state index in [2.05, 4.69) is 55.5 Å². The van der Waals surface area contributed by atoms with Gasteiger partial charge in [-0.3, -0.25) is 5.10 Å². The lowest BCUT2D eigenvalue weighted by Crippen LogP contribution is -2.38. The summed E-state index contributed by atoms with van der Waals surface area (Å²) in [6, 6.07) is 10.4. The minimum atomic E-state index is -4.26. The quantitative estimate of drug-likeness (QED) is 0.206. The maximum Gasteiger partial charge on any atom is 0.393 e. The van der Waals surface area contributed by atoms with E-state index in [-0.39, 0.29) is 10.9 Å². The summed E-state index contributed by atoms with van der Waals surface area (Å²) in [5, 5.41) is 22.4. The zero-order valence-corrected chi connectivity index (χ0v) is 25.2. The fourth-order valence-electron chi connectivity index (χ4n) is 7.27. The molecule has 5 aromatic rings. The summed E-state index contributed by atoms with van der Waals surface area (Å²) in [4.78, 5) is 12.0. The number of benzene rings is 1. The molecule has 2 unspecified atom stereocenters. The standard InChI is InChI=1S/C32H33F3N8S/c1-19-22(6-7-29-25(19)8-23(11-36)43(29)15-20-12-40-41-13-20)14-37-28-17-42(16-27(28)21-4-2-3-5-21)30-26-9-24(10-32(33,34)35)44-31(26)39-18-38-30/h6-9,12-13,18,21,27-28,37H,2-5,10,14-17H2,1H3,(H,40,41). The van der Waals surface area contributed by atoms with Crippen molar-refractivity contribution in [2.45, 2.75) is 64.3 Å². The molecule has 1 saturated heterocycles. The van der Waals surface area contributed by atoms with Gasteiger partial charge in [-0.2, -0.15) is 23.5 Å². The highest BCUT2D eigenvalue weighted by atomic mass is 32.1. The van der Waals surface area contributed by atoms with Crippen molar-refractivity contribution >= 4 is 38.3 Å². The Morgan fingerprint density at radius 3 is 2.73 bits per heavy atom. The van der Waals surface area contributed by atoms with E-state index in [0.717, 1.165) is 52.3 Å². The van der Waals surface area contributed by atoms with Gasteiger partial charge in [0.25, 0.3) is 0 Å². The number of rotatable bonds is 8. The number of hydrogen-bond acceptors (Lipinski definition) is 7. The Balaban J connectivity index is 1.14. The van der Waals surface area contributed by atoms with E-state index in [0.29, 0.717) is 40.8 Å². The third-order valence-electron chi connectivity index (χ3n) is 9.44. The number of nitrogens with one attached hydrogen (secondary N) is 2. The summed E-state index contributed by atoms with van der Waals surface area (Å²) in [7, 11) is 0. The van der Waals surface area contributed by atoms with Gasteiger partial charge >= 0.3 is 6.18 Å². The molecule has 2 N–H and O–H groups in total. The number of nitrogens with zero attached hydrogens (tertiary/aromatic N) is 6. The second-order valence-electron chi connectivity index (χ2n) is 12.1. The van der Waals surface area contributed by atoms with Crippen LogP contribution < -0.4 is 10.2 Å². The summed E-state index contributed by atoms with van der Waals surface area (Å²) in [6.45, 7) is 4.92. The Morgan fingerprint density at radius 1 is 1.14 bits per heavy atom. The molecule has 5 heterocycles. The van der Waals surface area contributed by atoms with Crippen molar-refractivity contribution in [2.75, 3.05) is 18.0 Å². The van der Waals surface area contributed by atoms with Crippen LogP contribution in [-0.4, -0.2) is 50.0 Å². The van der Waals surface area contributed by atoms with Crippen LogP contribution in [0.3, 0.4) is 0 Å². The maximum absolute atomic E-state index is 13.1. The number of hydrogen-bond donors (Lipinski definition) is 2. The Bertz CT molecular complexity index is 1830. The first-order chi connectivity index (χ1) is 21.3. The average Bonchev–Trinajstić information content (AvgIpc) is 3.82. The molecule has 2 atom stereocenters. The molecule has 0 bridgehead atoms. The van der Waals surface area contributed by atoms with E-state index in [1.807, 2.05) is 16.8 Å². The van der Waals surface area contributed by atoms with Crippen LogP contribution in [0.25, 0.3) is 21.1 Å². The first kappa shape index (κ1) is 28.8. The zero-order chi connectivity index (χ0) is 30.4. The summed E-state index contributed by atoms with van der Waals surface area (Å²) in [5.41, 5.74) is 4.98. The fourth-order valence-corrected chi connectivity index (χ4v) is 8.30. The molecule has 44 heavy (non-hydrogen) atoms. The van der Waals surface area contributed by atoms with Gasteiger partial charge in [0.15, 0.2) is 0 Å². The molecule has 228 valence electrons. The highest BCUT2D eigenvalue weighted by Gasteiger charge is 2.40. The summed E-state index contributed by atoms with van der Waals surface area (Å²) in [6.07, 6.45) is 4.77. The lowest BCUT2D eigenvalue weighted by atomic mass is 9.87. The van der Waals surface area contributed by atoms with E-state index >= 15 is 0 Å². The van der Waals surface area contributed by atoms with Gasteiger partial charge in [-0.1, -0.05) is 31.7 Å². The lowest BCUT2D eigenvalue weighted by Gasteiger charge is -2.25. The number of aromatic nitrogens is 5. The molecule has 1 saturated carbocycles. The molecule has 8 nitrogen and oxygen atoms in total. The minimum absolute atomic E-state index is 0.215. The van der Waals surface area contributed by atoms with Crippen molar-refractivity contribution in [1.29, 1.82) is 5.26 Å². The number of aromatic amines is 1. The molecule has 0 amide bonds. The van der Waals surface area contributed by atoms with Gasteiger partial charge in [0, 0.05) is 53.2 Å². The SMILES string of the molecule is Cc1c(CNC2CN(c3ncnc4sc(CC(F)(F)F)cc34)CC2C2CCCC2)ccc2c1cc(C#N)n2Cc1cn[nH]c1. The van der Waals surface area contributed by atoms with Crippen LogP contribution in [0.5, 0.6) is 0 Å². The number of anilines is 1. The molecule has 1 aliphatic heterocycles. The van der Waals surface area contributed by atoms with Crippen molar-refractivity contribution in [3.05, 3.63) is 70.2 Å². The number of alkyl halides is 3. The van der Waals surface area contributed by atoms with Crippen LogP contribution >= 0.6 is 11.3 Å². The van der Waals surface area contributed by atoms with Crippen LogP contribution in [0.4, 0.5) is 19.0 Å². The number of fused-ring (bicyclic) bond motifs is 2. The van der Waals surface area contributed by atoms with Gasteiger partial charge in [-0.15, -0.1) is 11.3 Å². The first-order valence-corrected chi connectivity index (χ1v) is 15.9. The number of aryl methyl sites for hydroxylation is 1. The molecule has 0 spiro atoms. The molecule has 1 aromatic carbocycles. The van der Waals surface area contributed by atoms with E-state index in [9.17, 15) is 18.4 Å². The Hall–Kier alpha value is -3.95. The lowest BCUT2D eigenvalue weighted by molar-refractivity contribution is -0.126. The van der Waals surface area contributed by atoms with Crippen LogP contribution in [-0.2, 0) is 19.5 Å². The van der Waals surface area contributed by atoms with Crippen LogP contribution in [0.2, 0.25) is 0 Å². The van der Waals surface area contributed by atoms with Gasteiger partial charge in [-0.05, 0) is 48.1 Å². The largest absolute Gasteiger partial charge is 0.393 e. The molecule has 2 aliphatic rings. The van der Waals surface area contributed by atoms with Crippen molar-refractivity contribution in [2.24, 2.45) is 11.8 Å². The zero-order valence-electron chi connectivity index (χ0n) is 24.4. The predicted octanol–water partition coefficient (Wildman–Crippen LogP) is 6.49. The van der Waals surface area contributed by atoms with Crippen molar-refractivity contribution < 1.29 is 13.2 Å². The smallest absolute Gasteiger partial charge is 0.354 e. The van der Waals surface area contributed by atoms with E-state index in [1.54, 1.807) is 12.3 Å². The van der Waals surface area contributed by atoms with E-state index < -0.39 is 12.6 Å². The summed E-state index contributed by atoms with van der Waals surface area (Å²) in [5.74, 6) is 1.76. The third kappa shape index (κ3) is 5.55. The van der Waals surface area contributed by atoms with Crippen molar-refractivity contribution in [1.82, 2.24) is 30.0 Å². The predicted molar refractivity (Wildman–Crippen MR) is 165 cm³/mol. The first-order valence-electron chi connectivity index (χ1n) is 15.1. The second kappa shape index (κ2) is 11.5. The molecule has 4 aromatic heterocycles. The van der Waals surface area contributed by atoms with Gasteiger partial charge < -0.3 is 14.8 Å². The van der Waals surface area contributed by atoms with Gasteiger partial charge in [0.05, 0.1) is 24.5 Å². The number of nitriles is 1.